The predicted molar refractivity (Wildman–Crippen MR) is 243 cm³/mol. The number of allylic oxidation sites excluding steroid dienone is 1. The maximum absolute atomic E-state index is 6.25. The molecule has 1 heterocycles. The van der Waals surface area contributed by atoms with Crippen LogP contribution in [0.5, 0.6) is 0 Å². The third-order valence-corrected chi connectivity index (χ3v) is 11.8. The van der Waals surface area contributed by atoms with Crippen molar-refractivity contribution >= 4 is 55.3 Å². The molecule has 0 saturated heterocycles. The summed E-state index contributed by atoms with van der Waals surface area (Å²) in [6, 6.07) is 76.8. The zero-order valence-electron chi connectivity index (χ0n) is 31.9. The lowest BCUT2D eigenvalue weighted by atomic mass is 9.79. The number of hydrogen-bond donors (Lipinski definition) is 0. The van der Waals surface area contributed by atoms with Crippen molar-refractivity contribution < 1.29 is 4.42 Å². The number of fused-ring (bicyclic) bond motifs is 6. The Kier molecular flexibility index (Phi) is 8.33. The van der Waals surface area contributed by atoms with Gasteiger partial charge in [0.2, 0.25) is 0 Å². The van der Waals surface area contributed by atoms with Gasteiger partial charge in [0.25, 0.3) is 0 Å². The summed E-state index contributed by atoms with van der Waals surface area (Å²) in [5, 5.41) is 4.72. The molecule has 0 bridgehead atoms. The zero-order valence-corrected chi connectivity index (χ0v) is 31.9. The highest BCUT2D eigenvalue weighted by Crippen LogP contribution is 2.43. The topological polar surface area (TPSA) is 16.4 Å². The van der Waals surface area contributed by atoms with E-state index in [2.05, 4.69) is 211 Å². The number of para-hydroxylation sites is 1. The van der Waals surface area contributed by atoms with Gasteiger partial charge in [0.15, 0.2) is 0 Å². The third kappa shape index (κ3) is 6.07. The van der Waals surface area contributed by atoms with Gasteiger partial charge in [-0.3, -0.25) is 0 Å². The van der Waals surface area contributed by atoms with Crippen LogP contribution in [-0.4, -0.2) is 0 Å². The number of furan rings is 1. The summed E-state index contributed by atoms with van der Waals surface area (Å²) in [7, 11) is 0. The van der Waals surface area contributed by atoms with Crippen molar-refractivity contribution in [3.8, 4) is 22.3 Å². The summed E-state index contributed by atoms with van der Waals surface area (Å²) < 4.78 is 6.25. The standard InChI is InChI=1S/C56H39NO/c1-3-13-38(14-4-1)42-18-11-20-48(34-42)57(49-21-12-19-45(35-49)52-37-46(39-15-5-2-6-16-39)33-44-17-7-8-22-50(44)52)47-30-27-40(28-31-47)43-26-25-41-29-32-55-56(53(41)36-43)51-23-9-10-24-54(51)58-55/h1-32,34-37,46H,33H2. The van der Waals surface area contributed by atoms with Crippen LogP contribution in [0, 0.1) is 0 Å². The Balaban J connectivity index is 1.03. The number of anilines is 3. The lowest BCUT2D eigenvalue weighted by molar-refractivity contribution is 0.669. The molecule has 0 N–H and O–H groups in total. The van der Waals surface area contributed by atoms with E-state index in [0.717, 1.165) is 45.6 Å². The fraction of sp³-hybridized carbons (Fsp3) is 0.0357. The van der Waals surface area contributed by atoms with E-state index in [0.29, 0.717) is 5.92 Å². The van der Waals surface area contributed by atoms with Crippen molar-refractivity contribution in [3.63, 3.8) is 0 Å². The highest BCUT2D eigenvalue weighted by atomic mass is 16.3. The summed E-state index contributed by atoms with van der Waals surface area (Å²) in [4.78, 5) is 2.39. The van der Waals surface area contributed by atoms with Gasteiger partial charge in [-0.05, 0) is 122 Å². The van der Waals surface area contributed by atoms with Crippen LogP contribution in [0.25, 0.3) is 60.5 Å². The van der Waals surface area contributed by atoms with Crippen molar-refractivity contribution in [1.29, 1.82) is 0 Å². The van der Waals surface area contributed by atoms with Crippen LogP contribution in [0.15, 0.2) is 223 Å². The summed E-state index contributed by atoms with van der Waals surface area (Å²) in [5.74, 6) is 0.305. The summed E-state index contributed by atoms with van der Waals surface area (Å²) >= 11 is 0. The molecule has 0 fully saturated rings. The second-order valence-corrected chi connectivity index (χ2v) is 15.3. The molecular weight excluding hydrogens is 703 g/mol. The quantitative estimate of drug-likeness (QED) is 0.162. The van der Waals surface area contributed by atoms with Gasteiger partial charge in [0.05, 0.1) is 0 Å². The molecule has 1 unspecified atom stereocenters. The smallest absolute Gasteiger partial charge is 0.136 e. The second kappa shape index (κ2) is 14.3. The minimum Gasteiger partial charge on any atom is -0.456 e. The van der Waals surface area contributed by atoms with Crippen LogP contribution in [0.4, 0.5) is 17.1 Å². The Bertz CT molecular complexity index is 3140. The molecule has 0 saturated carbocycles. The Morgan fingerprint density at radius 3 is 1.86 bits per heavy atom. The first-order valence-corrected chi connectivity index (χ1v) is 20.1. The zero-order chi connectivity index (χ0) is 38.4. The minimum absolute atomic E-state index is 0.305. The van der Waals surface area contributed by atoms with E-state index in [1.54, 1.807) is 0 Å². The lowest BCUT2D eigenvalue weighted by Crippen LogP contribution is -2.12. The van der Waals surface area contributed by atoms with E-state index >= 15 is 0 Å². The Labute approximate surface area is 338 Å². The van der Waals surface area contributed by atoms with Gasteiger partial charge in [0.1, 0.15) is 11.2 Å². The molecule has 0 amide bonds. The molecule has 1 aliphatic carbocycles. The van der Waals surface area contributed by atoms with Crippen LogP contribution < -0.4 is 4.90 Å². The Morgan fingerprint density at radius 1 is 0.414 bits per heavy atom. The molecule has 11 rings (SSSR count). The van der Waals surface area contributed by atoms with Crippen LogP contribution in [0.3, 0.4) is 0 Å². The van der Waals surface area contributed by atoms with Crippen molar-refractivity contribution in [2.45, 2.75) is 12.3 Å². The van der Waals surface area contributed by atoms with Gasteiger partial charge in [-0.15, -0.1) is 0 Å². The third-order valence-electron chi connectivity index (χ3n) is 11.8. The van der Waals surface area contributed by atoms with Crippen molar-refractivity contribution in [2.75, 3.05) is 4.90 Å². The Hall–Kier alpha value is -7.42. The van der Waals surface area contributed by atoms with Gasteiger partial charge in [0, 0.05) is 33.8 Å². The van der Waals surface area contributed by atoms with Gasteiger partial charge < -0.3 is 9.32 Å². The van der Waals surface area contributed by atoms with Crippen LogP contribution in [0.2, 0.25) is 0 Å². The van der Waals surface area contributed by atoms with Crippen LogP contribution >= 0.6 is 0 Å². The van der Waals surface area contributed by atoms with E-state index in [9.17, 15) is 0 Å². The first-order valence-electron chi connectivity index (χ1n) is 20.1. The minimum atomic E-state index is 0.305. The SMILES string of the molecule is C1=C(c2cccc(N(c3ccc(-c4ccc5ccc6oc7ccccc7c6c5c4)cc3)c3cccc(-c4ccccc4)c3)c2)c2ccccc2CC1c1ccccc1. The predicted octanol–water partition coefficient (Wildman–Crippen LogP) is 15.3. The van der Waals surface area contributed by atoms with Gasteiger partial charge in [-0.2, -0.15) is 0 Å². The maximum atomic E-state index is 6.25. The van der Waals surface area contributed by atoms with E-state index in [4.69, 9.17) is 4.42 Å². The molecule has 0 radical (unpaired) electrons. The number of nitrogens with zero attached hydrogens (tertiary/aromatic N) is 1. The molecule has 1 atom stereocenters. The highest BCUT2D eigenvalue weighted by molar-refractivity contribution is 6.19. The summed E-state index contributed by atoms with van der Waals surface area (Å²) in [6.07, 6.45) is 3.48. The largest absolute Gasteiger partial charge is 0.456 e. The Morgan fingerprint density at radius 2 is 1.03 bits per heavy atom. The van der Waals surface area contributed by atoms with Crippen LogP contribution in [0.1, 0.15) is 28.2 Å². The normalized spacial score (nSPS) is 13.7. The fourth-order valence-electron chi connectivity index (χ4n) is 8.95. The lowest BCUT2D eigenvalue weighted by Gasteiger charge is -2.28. The van der Waals surface area contributed by atoms with Gasteiger partial charge >= 0.3 is 0 Å². The molecule has 0 spiro atoms. The van der Waals surface area contributed by atoms with E-state index < -0.39 is 0 Å². The van der Waals surface area contributed by atoms with E-state index in [1.807, 2.05) is 12.1 Å². The summed E-state index contributed by atoms with van der Waals surface area (Å²) in [5.41, 5.74) is 16.4. The first kappa shape index (κ1) is 33.9. The summed E-state index contributed by atoms with van der Waals surface area (Å²) in [6.45, 7) is 0. The van der Waals surface area contributed by atoms with Crippen molar-refractivity contribution in [2.24, 2.45) is 0 Å². The second-order valence-electron chi connectivity index (χ2n) is 15.3. The highest BCUT2D eigenvalue weighted by Gasteiger charge is 2.23. The van der Waals surface area contributed by atoms with Crippen molar-refractivity contribution in [1.82, 2.24) is 0 Å². The molecular formula is C56H39NO. The average molecular weight is 742 g/mol. The van der Waals surface area contributed by atoms with E-state index in [-0.39, 0.29) is 0 Å². The molecule has 0 aliphatic heterocycles. The molecule has 2 nitrogen and oxygen atoms in total. The molecule has 1 aromatic heterocycles. The maximum Gasteiger partial charge on any atom is 0.136 e. The molecule has 274 valence electrons. The monoisotopic (exact) mass is 741 g/mol. The molecule has 10 aromatic rings. The van der Waals surface area contributed by atoms with Crippen molar-refractivity contribution in [3.05, 3.63) is 241 Å². The number of benzene rings is 9. The molecule has 2 heteroatoms. The van der Waals surface area contributed by atoms with E-state index in [1.165, 1.54) is 60.7 Å². The average Bonchev–Trinajstić information content (AvgIpc) is 3.69. The first-order chi connectivity index (χ1) is 28.7. The number of rotatable bonds is 7. The molecule has 58 heavy (non-hydrogen) atoms. The number of hydrogen-bond acceptors (Lipinski definition) is 2. The fourth-order valence-corrected chi connectivity index (χ4v) is 8.95. The van der Waals surface area contributed by atoms with Gasteiger partial charge in [-0.1, -0.05) is 164 Å². The molecule has 1 aliphatic rings. The molecule has 9 aromatic carbocycles. The van der Waals surface area contributed by atoms with Gasteiger partial charge in [-0.25, -0.2) is 0 Å². The van der Waals surface area contributed by atoms with Crippen LogP contribution in [-0.2, 0) is 6.42 Å².